The average molecular weight is 320 g/mol. The number of rotatable bonds is 5. The second-order valence-corrected chi connectivity index (χ2v) is 4.98. The molecule has 0 saturated carbocycles. The van der Waals surface area contributed by atoms with Crippen LogP contribution in [-0.4, -0.2) is 52.6 Å². The average Bonchev–Trinajstić information content (AvgIpc) is 2.81. The van der Waals surface area contributed by atoms with E-state index in [4.69, 9.17) is 9.84 Å². The first-order valence-electron chi connectivity index (χ1n) is 7.00. The fraction of sp³-hybridized carbons (Fsp3) is 0.333. The van der Waals surface area contributed by atoms with E-state index in [0.29, 0.717) is 4.90 Å². The molecule has 1 aromatic rings. The molecule has 1 fully saturated rings. The molecular weight excluding hydrogens is 304 g/mol. The highest BCUT2D eigenvalue weighted by Crippen LogP contribution is 2.14. The van der Waals surface area contributed by atoms with Gasteiger partial charge in [0, 0.05) is 12.0 Å². The molecule has 2 N–H and O–H groups in total. The Kier molecular flexibility index (Phi) is 5.07. The normalized spacial score (nSPS) is 18.5. The van der Waals surface area contributed by atoms with Crippen LogP contribution in [0.1, 0.15) is 23.7 Å². The molecule has 0 radical (unpaired) electrons. The molecule has 1 aromatic carbocycles. The third kappa shape index (κ3) is 3.72. The van der Waals surface area contributed by atoms with E-state index in [1.54, 1.807) is 18.2 Å². The lowest BCUT2D eigenvalue weighted by atomic mass is 10.2. The standard InChI is InChI=1S/C15H16N2O6/c1-9(18)14(21)23-8-7-11-13(20)17(15(22)16-11)12(19)10-5-3-2-4-6-10/h2-6,9,11,18H,7-8H2,1H3,(H,16,22). The van der Waals surface area contributed by atoms with Crippen LogP contribution >= 0.6 is 0 Å². The molecule has 0 spiro atoms. The van der Waals surface area contributed by atoms with Crippen LogP contribution in [0.5, 0.6) is 0 Å². The summed E-state index contributed by atoms with van der Waals surface area (Å²) in [6.07, 6.45) is -1.25. The smallest absolute Gasteiger partial charge is 0.334 e. The van der Waals surface area contributed by atoms with Crippen molar-refractivity contribution in [2.45, 2.75) is 25.5 Å². The van der Waals surface area contributed by atoms with Gasteiger partial charge in [-0.3, -0.25) is 9.59 Å². The number of carbonyl (C=O) groups excluding carboxylic acids is 4. The first-order valence-corrected chi connectivity index (χ1v) is 7.00. The summed E-state index contributed by atoms with van der Waals surface area (Å²) in [5.41, 5.74) is 0.220. The van der Waals surface area contributed by atoms with Gasteiger partial charge >= 0.3 is 12.0 Å². The first kappa shape index (κ1) is 16.6. The molecule has 1 saturated heterocycles. The zero-order chi connectivity index (χ0) is 17.0. The van der Waals surface area contributed by atoms with Crippen LogP contribution in [0.15, 0.2) is 30.3 Å². The highest BCUT2D eigenvalue weighted by atomic mass is 16.5. The van der Waals surface area contributed by atoms with E-state index in [1.165, 1.54) is 19.1 Å². The summed E-state index contributed by atoms with van der Waals surface area (Å²) in [5, 5.41) is 11.4. The van der Waals surface area contributed by atoms with Crippen LogP contribution in [-0.2, 0) is 14.3 Å². The third-order valence-corrected chi connectivity index (χ3v) is 3.24. The van der Waals surface area contributed by atoms with Crippen LogP contribution in [0.3, 0.4) is 0 Å². The van der Waals surface area contributed by atoms with Gasteiger partial charge in [-0.1, -0.05) is 18.2 Å². The lowest BCUT2D eigenvalue weighted by Gasteiger charge is -2.11. The number of carbonyl (C=O) groups is 4. The predicted molar refractivity (Wildman–Crippen MR) is 77.2 cm³/mol. The molecule has 0 bridgehead atoms. The molecule has 23 heavy (non-hydrogen) atoms. The van der Waals surface area contributed by atoms with E-state index >= 15 is 0 Å². The summed E-state index contributed by atoms with van der Waals surface area (Å²) < 4.78 is 4.73. The number of nitrogens with one attached hydrogen (secondary N) is 1. The molecule has 8 nitrogen and oxygen atoms in total. The van der Waals surface area contributed by atoms with Gasteiger partial charge < -0.3 is 15.2 Å². The van der Waals surface area contributed by atoms with Gasteiger partial charge in [0.15, 0.2) is 0 Å². The molecule has 2 atom stereocenters. The van der Waals surface area contributed by atoms with Gasteiger partial charge in [-0.25, -0.2) is 9.59 Å². The van der Waals surface area contributed by atoms with Gasteiger partial charge in [0.25, 0.3) is 11.8 Å². The maximum absolute atomic E-state index is 12.2. The van der Waals surface area contributed by atoms with Crippen molar-refractivity contribution >= 4 is 23.8 Å². The minimum absolute atomic E-state index is 0.0155. The third-order valence-electron chi connectivity index (χ3n) is 3.24. The molecule has 8 heteroatoms. The van der Waals surface area contributed by atoms with E-state index in [0.717, 1.165) is 0 Å². The first-order chi connectivity index (χ1) is 10.9. The second-order valence-electron chi connectivity index (χ2n) is 4.98. The largest absolute Gasteiger partial charge is 0.464 e. The van der Waals surface area contributed by atoms with Crippen LogP contribution in [0, 0.1) is 0 Å². The van der Waals surface area contributed by atoms with E-state index in [-0.39, 0.29) is 18.6 Å². The minimum Gasteiger partial charge on any atom is -0.464 e. The van der Waals surface area contributed by atoms with Gasteiger partial charge in [-0.15, -0.1) is 0 Å². The Hall–Kier alpha value is -2.74. The molecule has 1 aliphatic heterocycles. The number of aliphatic hydroxyl groups is 1. The number of urea groups is 1. The summed E-state index contributed by atoms with van der Waals surface area (Å²) in [6.45, 7) is 1.10. The van der Waals surface area contributed by atoms with Crippen LogP contribution < -0.4 is 5.32 Å². The molecule has 0 aliphatic carbocycles. The van der Waals surface area contributed by atoms with Gasteiger partial charge in [-0.2, -0.15) is 4.90 Å². The Labute approximate surface area is 132 Å². The molecule has 1 aliphatic rings. The summed E-state index contributed by atoms with van der Waals surface area (Å²) in [7, 11) is 0. The van der Waals surface area contributed by atoms with Crippen molar-refractivity contribution in [1.82, 2.24) is 10.2 Å². The zero-order valence-corrected chi connectivity index (χ0v) is 12.4. The number of hydrogen-bond acceptors (Lipinski definition) is 6. The number of imide groups is 3. The monoisotopic (exact) mass is 320 g/mol. The molecular formula is C15H16N2O6. The molecule has 4 amide bonds. The summed E-state index contributed by atoms with van der Waals surface area (Å²) >= 11 is 0. The number of amides is 4. The Morgan fingerprint density at radius 3 is 2.57 bits per heavy atom. The summed E-state index contributed by atoms with van der Waals surface area (Å²) in [6, 6.07) is 6.20. The van der Waals surface area contributed by atoms with Crippen molar-refractivity contribution in [3.8, 4) is 0 Å². The highest BCUT2D eigenvalue weighted by molar-refractivity contribution is 6.20. The van der Waals surface area contributed by atoms with Crippen molar-refractivity contribution in [2.24, 2.45) is 0 Å². The molecule has 1 heterocycles. The Balaban J connectivity index is 1.97. The number of ether oxygens (including phenoxy) is 1. The fourth-order valence-electron chi connectivity index (χ4n) is 2.03. The lowest BCUT2D eigenvalue weighted by molar-refractivity contribution is -0.153. The number of hydrogen-bond donors (Lipinski definition) is 2. The minimum atomic E-state index is -1.26. The zero-order valence-electron chi connectivity index (χ0n) is 12.4. The Bertz CT molecular complexity index is 628. The van der Waals surface area contributed by atoms with Crippen LogP contribution in [0.4, 0.5) is 4.79 Å². The predicted octanol–water partition coefficient (Wildman–Crippen LogP) is 0.0613. The highest BCUT2D eigenvalue weighted by Gasteiger charge is 2.42. The molecule has 2 unspecified atom stereocenters. The Morgan fingerprint density at radius 2 is 1.96 bits per heavy atom. The van der Waals surface area contributed by atoms with Crippen molar-refractivity contribution in [1.29, 1.82) is 0 Å². The van der Waals surface area contributed by atoms with Crippen molar-refractivity contribution in [3.63, 3.8) is 0 Å². The number of nitrogens with zero attached hydrogens (tertiary/aromatic N) is 1. The molecule has 2 rings (SSSR count). The van der Waals surface area contributed by atoms with E-state index in [1.807, 2.05) is 0 Å². The topological polar surface area (TPSA) is 113 Å². The van der Waals surface area contributed by atoms with Gasteiger partial charge in [0.1, 0.15) is 12.1 Å². The van der Waals surface area contributed by atoms with Crippen molar-refractivity contribution < 1.29 is 29.0 Å². The molecule has 122 valence electrons. The van der Waals surface area contributed by atoms with Gasteiger partial charge in [0.05, 0.1) is 6.61 Å². The van der Waals surface area contributed by atoms with E-state index in [9.17, 15) is 19.2 Å². The quantitative estimate of drug-likeness (QED) is 0.451. The van der Waals surface area contributed by atoms with Crippen LogP contribution in [0.25, 0.3) is 0 Å². The lowest BCUT2D eigenvalue weighted by Crippen LogP contribution is -2.37. The van der Waals surface area contributed by atoms with Crippen molar-refractivity contribution in [2.75, 3.05) is 6.61 Å². The fourth-order valence-corrected chi connectivity index (χ4v) is 2.03. The maximum atomic E-state index is 12.2. The number of benzene rings is 1. The second kappa shape index (κ2) is 7.01. The maximum Gasteiger partial charge on any atom is 0.334 e. The van der Waals surface area contributed by atoms with Gasteiger partial charge in [0.2, 0.25) is 0 Å². The number of aliphatic hydroxyl groups excluding tert-OH is 1. The van der Waals surface area contributed by atoms with Crippen LogP contribution in [0.2, 0.25) is 0 Å². The number of esters is 1. The SMILES string of the molecule is CC(O)C(=O)OCCC1NC(=O)N(C(=O)c2ccccc2)C1=O. The van der Waals surface area contributed by atoms with E-state index < -0.39 is 36.0 Å². The van der Waals surface area contributed by atoms with E-state index in [2.05, 4.69) is 5.32 Å². The summed E-state index contributed by atoms with van der Waals surface area (Å²) in [5.74, 6) is -2.23. The van der Waals surface area contributed by atoms with Crippen molar-refractivity contribution in [3.05, 3.63) is 35.9 Å². The Morgan fingerprint density at radius 1 is 1.30 bits per heavy atom. The van der Waals surface area contributed by atoms with Gasteiger partial charge in [-0.05, 0) is 19.1 Å². The summed E-state index contributed by atoms with van der Waals surface area (Å²) in [4.78, 5) is 47.9. The molecule has 0 aromatic heterocycles.